The molecule has 0 aliphatic rings. The number of imidazole rings is 1. The van der Waals surface area contributed by atoms with E-state index in [1.165, 1.54) is 5.56 Å². The van der Waals surface area contributed by atoms with Gasteiger partial charge in [0.2, 0.25) is 0 Å². The Bertz CT molecular complexity index is 715. The number of hydrogen-bond donors (Lipinski definition) is 3. The van der Waals surface area contributed by atoms with Gasteiger partial charge in [0.05, 0.1) is 22.4 Å². The van der Waals surface area contributed by atoms with Crippen molar-refractivity contribution in [2.24, 2.45) is 0 Å². The van der Waals surface area contributed by atoms with E-state index in [9.17, 15) is 0 Å². The van der Waals surface area contributed by atoms with Crippen LogP contribution in [0.2, 0.25) is 0 Å². The summed E-state index contributed by atoms with van der Waals surface area (Å²) < 4.78 is 0. The minimum Gasteiger partial charge on any atom is -0.397 e. The van der Waals surface area contributed by atoms with Gasteiger partial charge in [-0.3, -0.25) is 0 Å². The number of fused-ring (bicyclic) bond motifs is 1. The second-order valence-corrected chi connectivity index (χ2v) is 4.61. The second kappa shape index (κ2) is 4.65. The third-order valence-electron chi connectivity index (χ3n) is 3.11. The van der Waals surface area contributed by atoms with Gasteiger partial charge in [0.1, 0.15) is 5.82 Å². The molecule has 0 amide bonds. The summed E-state index contributed by atoms with van der Waals surface area (Å²) in [7, 11) is 0. The zero-order valence-corrected chi connectivity index (χ0v) is 10.8. The quantitative estimate of drug-likeness (QED) is 0.627. The molecule has 4 nitrogen and oxygen atoms in total. The smallest absolute Gasteiger partial charge is 0.104 e. The summed E-state index contributed by atoms with van der Waals surface area (Å²) in [4.78, 5) is 7.64. The van der Waals surface area contributed by atoms with Crippen molar-refractivity contribution >= 4 is 22.4 Å². The maximum absolute atomic E-state index is 5.90. The molecule has 3 rings (SSSR count). The molecule has 0 bridgehead atoms. The van der Waals surface area contributed by atoms with E-state index in [1.807, 2.05) is 37.3 Å². The summed E-state index contributed by atoms with van der Waals surface area (Å²) in [6, 6.07) is 14.0. The fourth-order valence-electron chi connectivity index (χ4n) is 2.15. The Kier molecular flexibility index (Phi) is 2.83. The fourth-order valence-corrected chi connectivity index (χ4v) is 2.15. The molecule has 2 aromatic carbocycles. The Balaban J connectivity index is 1.80. The highest BCUT2D eigenvalue weighted by molar-refractivity contribution is 5.76. The van der Waals surface area contributed by atoms with Gasteiger partial charge in [0.25, 0.3) is 0 Å². The molecule has 0 saturated heterocycles. The van der Waals surface area contributed by atoms with Crippen molar-refractivity contribution < 1.29 is 0 Å². The van der Waals surface area contributed by atoms with Gasteiger partial charge in [-0.1, -0.05) is 18.2 Å². The van der Waals surface area contributed by atoms with Crippen LogP contribution in [0.15, 0.2) is 42.5 Å². The molecule has 19 heavy (non-hydrogen) atoms. The van der Waals surface area contributed by atoms with E-state index in [4.69, 9.17) is 5.73 Å². The van der Waals surface area contributed by atoms with Gasteiger partial charge < -0.3 is 16.0 Å². The molecule has 0 atom stereocenters. The highest BCUT2D eigenvalue weighted by Crippen LogP contribution is 2.19. The van der Waals surface area contributed by atoms with E-state index in [0.29, 0.717) is 0 Å². The first-order chi connectivity index (χ1) is 9.22. The number of nitrogens with two attached hydrogens (primary N) is 1. The average molecular weight is 252 g/mol. The summed E-state index contributed by atoms with van der Waals surface area (Å²) in [5.41, 5.74) is 10.9. The van der Waals surface area contributed by atoms with Crippen molar-refractivity contribution in [1.82, 2.24) is 9.97 Å². The number of nitrogens with one attached hydrogen (secondary N) is 2. The Morgan fingerprint density at radius 1 is 1.21 bits per heavy atom. The van der Waals surface area contributed by atoms with E-state index in [0.717, 1.165) is 34.8 Å². The predicted octanol–water partition coefficient (Wildman–Crippen LogP) is 3.07. The van der Waals surface area contributed by atoms with Gasteiger partial charge in [-0.05, 0) is 36.8 Å². The molecule has 4 N–H and O–H groups in total. The van der Waals surface area contributed by atoms with E-state index in [2.05, 4.69) is 27.4 Å². The molecule has 0 spiro atoms. The van der Waals surface area contributed by atoms with Crippen molar-refractivity contribution in [1.29, 1.82) is 0 Å². The summed E-state index contributed by atoms with van der Waals surface area (Å²) in [5, 5.41) is 3.34. The van der Waals surface area contributed by atoms with Crippen LogP contribution in [0.3, 0.4) is 0 Å². The topological polar surface area (TPSA) is 66.7 Å². The molecule has 1 aromatic heterocycles. The molecule has 3 aromatic rings. The van der Waals surface area contributed by atoms with Crippen LogP contribution in [-0.2, 0) is 6.54 Å². The molecule has 1 heterocycles. The number of benzene rings is 2. The SMILES string of the molecule is Cc1nc2ccc(CNc3ccccc3N)cc2[nH]1. The van der Waals surface area contributed by atoms with Crippen LogP contribution in [0.5, 0.6) is 0 Å². The molecule has 0 aliphatic heterocycles. The lowest BCUT2D eigenvalue weighted by Crippen LogP contribution is -2.02. The van der Waals surface area contributed by atoms with Gasteiger partial charge in [0, 0.05) is 6.54 Å². The van der Waals surface area contributed by atoms with Crippen molar-refractivity contribution in [2.45, 2.75) is 13.5 Å². The Morgan fingerprint density at radius 2 is 2.05 bits per heavy atom. The van der Waals surface area contributed by atoms with Crippen molar-refractivity contribution in [3.8, 4) is 0 Å². The number of hydrogen-bond acceptors (Lipinski definition) is 3. The number of H-pyrrole nitrogens is 1. The maximum atomic E-state index is 5.90. The molecular formula is C15H16N4. The third kappa shape index (κ3) is 2.38. The standard InChI is InChI=1S/C15H16N4/c1-10-18-14-7-6-11(8-15(14)19-10)9-17-13-5-3-2-4-12(13)16/h2-8,17H,9,16H2,1H3,(H,18,19). The minimum atomic E-state index is 0.738. The maximum Gasteiger partial charge on any atom is 0.104 e. The van der Waals surface area contributed by atoms with Crippen molar-refractivity contribution in [2.75, 3.05) is 11.1 Å². The number of anilines is 2. The van der Waals surface area contributed by atoms with E-state index >= 15 is 0 Å². The van der Waals surface area contributed by atoms with E-state index in [1.54, 1.807) is 0 Å². The Morgan fingerprint density at radius 3 is 2.89 bits per heavy atom. The predicted molar refractivity (Wildman–Crippen MR) is 79.0 cm³/mol. The summed E-state index contributed by atoms with van der Waals surface area (Å²) in [6.45, 7) is 2.70. The molecule has 0 saturated carbocycles. The molecule has 0 radical (unpaired) electrons. The fraction of sp³-hybridized carbons (Fsp3) is 0.133. The van der Waals surface area contributed by atoms with Crippen LogP contribution < -0.4 is 11.1 Å². The van der Waals surface area contributed by atoms with Crippen LogP contribution >= 0.6 is 0 Å². The number of nitrogens with zero attached hydrogens (tertiary/aromatic N) is 1. The van der Waals surface area contributed by atoms with Gasteiger partial charge >= 0.3 is 0 Å². The monoisotopic (exact) mass is 252 g/mol. The molecule has 4 heteroatoms. The van der Waals surface area contributed by atoms with Crippen molar-refractivity contribution in [3.63, 3.8) is 0 Å². The number of para-hydroxylation sites is 2. The number of aryl methyl sites for hydroxylation is 1. The zero-order chi connectivity index (χ0) is 13.2. The van der Waals surface area contributed by atoms with Gasteiger partial charge in [-0.15, -0.1) is 0 Å². The molecule has 0 unspecified atom stereocenters. The first kappa shape index (κ1) is 11.6. The van der Waals surface area contributed by atoms with Crippen LogP contribution in [0, 0.1) is 6.92 Å². The Hall–Kier alpha value is -2.49. The average Bonchev–Trinajstić information content (AvgIpc) is 2.77. The number of aromatic nitrogens is 2. The van der Waals surface area contributed by atoms with E-state index < -0.39 is 0 Å². The van der Waals surface area contributed by atoms with Gasteiger partial charge in [0.15, 0.2) is 0 Å². The highest BCUT2D eigenvalue weighted by atomic mass is 14.9. The molecule has 0 fully saturated rings. The number of aromatic amines is 1. The number of nitrogen functional groups attached to an aromatic ring is 1. The van der Waals surface area contributed by atoms with Crippen LogP contribution in [0.4, 0.5) is 11.4 Å². The first-order valence-electron chi connectivity index (χ1n) is 6.26. The zero-order valence-electron chi connectivity index (χ0n) is 10.8. The minimum absolute atomic E-state index is 0.738. The van der Waals surface area contributed by atoms with Crippen LogP contribution in [-0.4, -0.2) is 9.97 Å². The number of rotatable bonds is 3. The molecular weight excluding hydrogens is 236 g/mol. The van der Waals surface area contributed by atoms with Gasteiger partial charge in [-0.25, -0.2) is 4.98 Å². The summed E-state index contributed by atoms with van der Waals surface area (Å²) in [6.07, 6.45) is 0. The third-order valence-corrected chi connectivity index (χ3v) is 3.11. The largest absolute Gasteiger partial charge is 0.397 e. The van der Waals surface area contributed by atoms with Gasteiger partial charge in [-0.2, -0.15) is 0 Å². The summed E-state index contributed by atoms with van der Waals surface area (Å²) in [5.74, 6) is 0.937. The highest BCUT2D eigenvalue weighted by Gasteiger charge is 2.02. The molecule has 0 aliphatic carbocycles. The normalized spacial score (nSPS) is 10.8. The molecule has 96 valence electrons. The summed E-state index contributed by atoms with van der Waals surface area (Å²) >= 11 is 0. The van der Waals surface area contributed by atoms with Crippen LogP contribution in [0.1, 0.15) is 11.4 Å². The lowest BCUT2D eigenvalue weighted by atomic mass is 10.2. The Labute approximate surface area is 111 Å². The first-order valence-corrected chi connectivity index (χ1v) is 6.26. The van der Waals surface area contributed by atoms with E-state index in [-0.39, 0.29) is 0 Å². The lowest BCUT2D eigenvalue weighted by molar-refractivity contribution is 1.15. The van der Waals surface area contributed by atoms with Crippen molar-refractivity contribution in [3.05, 3.63) is 53.9 Å². The second-order valence-electron chi connectivity index (χ2n) is 4.61. The lowest BCUT2D eigenvalue weighted by Gasteiger charge is -2.08. The van der Waals surface area contributed by atoms with Crippen LogP contribution in [0.25, 0.3) is 11.0 Å².